The zero-order chi connectivity index (χ0) is 10.2. The Morgan fingerprint density at radius 1 is 1.50 bits per heavy atom. The molecule has 0 atom stereocenters. The summed E-state index contributed by atoms with van der Waals surface area (Å²) in [5.74, 6) is 0. The van der Waals surface area contributed by atoms with Crippen LogP contribution in [-0.2, 0) is 13.0 Å². The number of nitrogens with zero attached hydrogens (tertiary/aromatic N) is 3. The normalized spacial score (nSPS) is 10.0. The van der Waals surface area contributed by atoms with Crippen LogP contribution >= 0.6 is 0 Å². The number of hydrogen-bond acceptors (Lipinski definition) is 3. The van der Waals surface area contributed by atoms with Crippen molar-refractivity contribution >= 4 is 0 Å². The molecule has 1 rings (SSSR count). The van der Waals surface area contributed by atoms with Crippen LogP contribution in [0.5, 0.6) is 0 Å². The van der Waals surface area contributed by atoms with Crippen molar-refractivity contribution in [1.82, 2.24) is 9.55 Å². The predicted octanol–water partition coefficient (Wildman–Crippen LogP) is 1.08. The zero-order valence-corrected chi connectivity index (χ0v) is 8.32. The van der Waals surface area contributed by atoms with E-state index in [0.717, 1.165) is 31.5 Å². The lowest BCUT2D eigenvalue weighted by atomic mass is 10.2. The Labute approximate surface area is 84.4 Å². The van der Waals surface area contributed by atoms with Gasteiger partial charge in [0.05, 0.1) is 18.1 Å². The monoisotopic (exact) mass is 192 g/mol. The summed E-state index contributed by atoms with van der Waals surface area (Å²) in [4.78, 5) is 4.22. The highest BCUT2D eigenvalue weighted by Gasteiger charge is 1.97. The van der Waals surface area contributed by atoms with E-state index in [2.05, 4.69) is 15.6 Å². The fraction of sp³-hybridized carbons (Fsp3) is 0.600. The molecule has 76 valence electrons. The Kier molecular flexibility index (Phi) is 4.73. The summed E-state index contributed by atoms with van der Waals surface area (Å²) in [5.41, 5.74) is 6.47. The summed E-state index contributed by atoms with van der Waals surface area (Å²) in [6.45, 7) is 1.59. The van der Waals surface area contributed by atoms with E-state index >= 15 is 0 Å². The summed E-state index contributed by atoms with van der Waals surface area (Å²) < 4.78 is 2.06. The Morgan fingerprint density at radius 2 is 2.36 bits per heavy atom. The standard InChI is InChI=1S/C10H16N4/c11-5-2-1-3-7-14-8-10(4-6-12)13-9-14/h8-9H,1-4,6-7,12H2. The molecule has 14 heavy (non-hydrogen) atoms. The van der Waals surface area contributed by atoms with Crippen LogP contribution in [0, 0.1) is 11.3 Å². The molecule has 0 fully saturated rings. The van der Waals surface area contributed by atoms with Crippen LogP contribution < -0.4 is 5.73 Å². The smallest absolute Gasteiger partial charge is 0.0949 e. The largest absolute Gasteiger partial charge is 0.337 e. The minimum Gasteiger partial charge on any atom is -0.337 e. The number of aryl methyl sites for hydroxylation is 1. The number of nitriles is 1. The van der Waals surface area contributed by atoms with Crippen molar-refractivity contribution in [1.29, 1.82) is 5.26 Å². The highest BCUT2D eigenvalue weighted by molar-refractivity contribution is 4.96. The van der Waals surface area contributed by atoms with Gasteiger partial charge in [-0.15, -0.1) is 0 Å². The van der Waals surface area contributed by atoms with Gasteiger partial charge in [-0.05, 0) is 19.4 Å². The highest BCUT2D eigenvalue weighted by atomic mass is 15.0. The second kappa shape index (κ2) is 6.17. The lowest BCUT2D eigenvalue weighted by Gasteiger charge is -1.98. The second-order valence-electron chi connectivity index (χ2n) is 3.26. The lowest BCUT2D eigenvalue weighted by Crippen LogP contribution is -2.02. The van der Waals surface area contributed by atoms with Gasteiger partial charge in [-0.1, -0.05) is 0 Å². The number of rotatable bonds is 6. The van der Waals surface area contributed by atoms with E-state index in [0.29, 0.717) is 13.0 Å². The van der Waals surface area contributed by atoms with E-state index in [4.69, 9.17) is 11.0 Å². The molecule has 0 aromatic carbocycles. The van der Waals surface area contributed by atoms with E-state index in [1.807, 2.05) is 12.5 Å². The van der Waals surface area contributed by atoms with E-state index in [1.54, 1.807) is 0 Å². The quantitative estimate of drug-likeness (QED) is 0.686. The molecule has 0 amide bonds. The number of nitrogens with two attached hydrogens (primary N) is 1. The fourth-order valence-corrected chi connectivity index (χ4v) is 1.30. The van der Waals surface area contributed by atoms with Crippen molar-refractivity contribution in [2.75, 3.05) is 6.54 Å². The van der Waals surface area contributed by atoms with Crippen molar-refractivity contribution in [2.45, 2.75) is 32.2 Å². The van der Waals surface area contributed by atoms with Gasteiger partial charge in [-0.2, -0.15) is 5.26 Å². The van der Waals surface area contributed by atoms with Gasteiger partial charge in [0.25, 0.3) is 0 Å². The zero-order valence-electron chi connectivity index (χ0n) is 8.32. The minimum absolute atomic E-state index is 0.643. The van der Waals surface area contributed by atoms with E-state index < -0.39 is 0 Å². The molecule has 0 radical (unpaired) electrons. The average molecular weight is 192 g/mol. The molecule has 1 heterocycles. The highest BCUT2D eigenvalue weighted by Crippen LogP contribution is 2.01. The average Bonchev–Trinajstić information content (AvgIpc) is 2.61. The van der Waals surface area contributed by atoms with Crippen molar-refractivity contribution in [2.24, 2.45) is 5.73 Å². The van der Waals surface area contributed by atoms with Gasteiger partial charge in [0, 0.05) is 25.6 Å². The molecule has 2 N–H and O–H groups in total. The molecule has 1 aromatic heterocycles. The summed E-state index contributed by atoms with van der Waals surface area (Å²) in [7, 11) is 0. The van der Waals surface area contributed by atoms with Gasteiger partial charge >= 0.3 is 0 Å². The van der Waals surface area contributed by atoms with Crippen LogP contribution in [0.1, 0.15) is 25.0 Å². The molecule has 0 unspecified atom stereocenters. The summed E-state index contributed by atoms with van der Waals surface area (Å²) in [6, 6.07) is 2.14. The van der Waals surface area contributed by atoms with Crippen LogP contribution in [0.25, 0.3) is 0 Å². The SMILES string of the molecule is N#CCCCCn1cnc(CCN)c1. The molecule has 1 aromatic rings. The molecule has 4 heteroatoms. The maximum atomic E-state index is 8.35. The first-order valence-electron chi connectivity index (χ1n) is 4.94. The van der Waals surface area contributed by atoms with Gasteiger partial charge in [0.15, 0.2) is 0 Å². The summed E-state index contributed by atoms with van der Waals surface area (Å²) >= 11 is 0. The number of unbranched alkanes of at least 4 members (excludes halogenated alkanes) is 2. The van der Waals surface area contributed by atoms with Crippen LogP contribution in [0.15, 0.2) is 12.5 Å². The fourth-order valence-electron chi connectivity index (χ4n) is 1.30. The van der Waals surface area contributed by atoms with Gasteiger partial charge in [0.2, 0.25) is 0 Å². The molecule has 4 nitrogen and oxygen atoms in total. The van der Waals surface area contributed by atoms with Gasteiger partial charge < -0.3 is 10.3 Å². The second-order valence-corrected chi connectivity index (χ2v) is 3.26. The van der Waals surface area contributed by atoms with Crippen molar-refractivity contribution in [3.63, 3.8) is 0 Å². The third-order valence-corrected chi connectivity index (χ3v) is 2.04. The Hall–Kier alpha value is -1.34. The van der Waals surface area contributed by atoms with Crippen LogP contribution in [0.3, 0.4) is 0 Å². The van der Waals surface area contributed by atoms with Crippen molar-refractivity contribution in [3.05, 3.63) is 18.2 Å². The van der Waals surface area contributed by atoms with Gasteiger partial charge in [-0.25, -0.2) is 4.98 Å². The number of imidazole rings is 1. The molecule has 0 saturated heterocycles. The van der Waals surface area contributed by atoms with Gasteiger partial charge in [-0.3, -0.25) is 0 Å². The predicted molar refractivity (Wildman–Crippen MR) is 54.4 cm³/mol. The molecule has 0 bridgehead atoms. The Morgan fingerprint density at radius 3 is 3.07 bits per heavy atom. The Bertz CT molecular complexity index is 297. The van der Waals surface area contributed by atoms with E-state index in [1.165, 1.54) is 0 Å². The number of aromatic nitrogens is 2. The van der Waals surface area contributed by atoms with Crippen molar-refractivity contribution in [3.8, 4) is 6.07 Å². The molecular formula is C10H16N4. The maximum Gasteiger partial charge on any atom is 0.0949 e. The maximum absolute atomic E-state index is 8.35. The first kappa shape index (κ1) is 10.7. The number of hydrogen-bond donors (Lipinski definition) is 1. The van der Waals surface area contributed by atoms with Crippen LogP contribution in [0.2, 0.25) is 0 Å². The van der Waals surface area contributed by atoms with Crippen LogP contribution in [-0.4, -0.2) is 16.1 Å². The summed E-state index contributed by atoms with van der Waals surface area (Å²) in [6.07, 6.45) is 7.33. The van der Waals surface area contributed by atoms with E-state index in [-0.39, 0.29) is 0 Å². The van der Waals surface area contributed by atoms with Gasteiger partial charge in [0.1, 0.15) is 0 Å². The summed E-state index contributed by atoms with van der Waals surface area (Å²) in [5, 5.41) is 8.35. The van der Waals surface area contributed by atoms with Crippen LogP contribution in [0.4, 0.5) is 0 Å². The molecule has 0 spiro atoms. The topological polar surface area (TPSA) is 67.6 Å². The third kappa shape index (κ3) is 3.58. The lowest BCUT2D eigenvalue weighted by molar-refractivity contribution is 0.615. The first-order chi connectivity index (χ1) is 6.86. The molecule has 0 aliphatic rings. The Balaban J connectivity index is 2.26. The molecular weight excluding hydrogens is 176 g/mol. The minimum atomic E-state index is 0.643. The molecule has 0 saturated carbocycles. The first-order valence-corrected chi connectivity index (χ1v) is 4.94. The van der Waals surface area contributed by atoms with Crippen molar-refractivity contribution < 1.29 is 0 Å². The molecule has 0 aliphatic heterocycles. The third-order valence-electron chi connectivity index (χ3n) is 2.04. The van der Waals surface area contributed by atoms with E-state index in [9.17, 15) is 0 Å². The molecule has 0 aliphatic carbocycles.